The van der Waals surface area contributed by atoms with Gasteiger partial charge in [-0.05, 0) is 18.9 Å². The van der Waals surface area contributed by atoms with Crippen LogP contribution < -0.4 is 5.73 Å². The number of amides is 1. The number of rotatable bonds is 2. The summed E-state index contributed by atoms with van der Waals surface area (Å²) in [6.07, 6.45) is 5.70. The van der Waals surface area contributed by atoms with Crippen LogP contribution in [0.25, 0.3) is 5.52 Å². The SMILES string of the molecule is NC(=O)c1cc2cnc(C3CC3)nn2c1. The van der Waals surface area contributed by atoms with E-state index in [0.29, 0.717) is 11.5 Å². The fraction of sp³-hybridized carbons (Fsp3) is 0.300. The molecule has 2 aromatic rings. The van der Waals surface area contributed by atoms with Crippen LogP contribution >= 0.6 is 0 Å². The minimum atomic E-state index is -0.437. The third-order valence-electron chi connectivity index (χ3n) is 2.60. The van der Waals surface area contributed by atoms with Gasteiger partial charge in [0.05, 0.1) is 17.3 Å². The molecule has 2 heterocycles. The van der Waals surface area contributed by atoms with E-state index in [2.05, 4.69) is 10.1 Å². The predicted octanol–water partition coefficient (Wildman–Crippen LogP) is 0.706. The summed E-state index contributed by atoms with van der Waals surface area (Å²) in [6, 6.07) is 1.69. The van der Waals surface area contributed by atoms with Gasteiger partial charge in [-0.3, -0.25) is 4.79 Å². The van der Waals surface area contributed by atoms with Crippen LogP contribution in [0.1, 0.15) is 34.9 Å². The smallest absolute Gasteiger partial charge is 0.250 e. The van der Waals surface area contributed by atoms with Gasteiger partial charge in [0, 0.05) is 12.1 Å². The summed E-state index contributed by atoms with van der Waals surface area (Å²) in [4.78, 5) is 15.2. The van der Waals surface area contributed by atoms with E-state index in [0.717, 1.165) is 24.2 Å². The lowest BCUT2D eigenvalue weighted by Gasteiger charge is -1.96. The summed E-state index contributed by atoms with van der Waals surface area (Å²) < 4.78 is 1.67. The zero-order valence-electron chi connectivity index (χ0n) is 8.05. The van der Waals surface area contributed by atoms with Gasteiger partial charge >= 0.3 is 0 Å². The first-order valence-electron chi connectivity index (χ1n) is 4.89. The van der Waals surface area contributed by atoms with Gasteiger partial charge in [-0.1, -0.05) is 0 Å². The van der Waals surface area contributed by atoms with Crippen LogP contribution in [0, 0.1) is 0 Å². The van der Waals surface area contributed by atoms with Crippen LogP contribution in [0.3, 0.4) is 0 Å². The zero-order valence-corrected chi connectivity index (χ0v) is 8.05. The second-order valence-electron chi connectivity index (χ2n) is 3.85. The van der Waals surface area contributed by atoms with Gasteiger partial charge in [0.1, 0.15) is 0 Å². The monoisotopic (exact) mass is 202 g/mol. The minimum Gasteiger partial charge on any atom is -0.366 e. The summed E-state index contributed by atoms with van der Waals surface area (Å²) in [5.74, 6) is 0.927. The van der Waals surface area contributed by atoms with Gasteiger partial charge in [0.15, 0.2) is 5.82 Å². The largest absolute Gasteiger partial charge is 0.366 e. The van der Waals surface area contributed by atoms with Gasteiger partial charge in [-0.2, -0.15) is 5.10 Å². The van der Waals surface area contributed by atoms with E-state index in [1.54, 1.807) is 23.0 Å². The number of fused-ring (bicyclic) bond motifs is 1. The summed E-state index contributed by atoms with van der Waals surface area (Å²) >= 11 is 0. The number of carbonyl (C=O) groups is 1. The normalized spacial score (nSPS) is 15.7. The van der Waals surface area contributed by atoms with Crippen molar-refractivity contribution in [1.82, 2.24) is 14.6 Å². The Balaban J connectivity index is 2.13. The summed E-state index contributed by atoms with van der Waals surface area (Å²) in [5, 5.41) is 4.34. The molecule has 1 fully saturated rings. The van der Waals surface area contributed by atoms with E-state index in [1.165, 1.54) is 0 Å². The van der Waals surface area contributed by atoms with E-state index >= 15 is 0 Å². The molecule has 15 heavy (non-hydrogen) atoms. The van der Waals surface area contributed by atoms with Crippen molar-refractivity contribution in [3.8, 4) is 0 Å². The molecule has 1 aliphatic rings. The third-order valence-corrected chi connectivity index (χ3v) is 2.60. The van der Waals surface area contributed by atoms with Gasteiger partial charge in [-0.15, -0.1) is 0 Å². The molecule has 0 aliphatic heterocycles. The Morgan fingerprint density at radius 2 is 2.33 bits per heavy atom. The van der Waals surface area contributed by atoms with Crippen LogP contribution in [0.15, 0.2) is 18.5 Å². The second kappa shape index (κ2) is 2.79. The molecule has 1 amide bonds. The molecule has 5 heteroatoms. The highest BCUT2D eigenvalue weighted by Crippen LogP contribution is 2.37. The highest BCUT2D eigenvalue weighted by atomic mass is 16.1. The van der Waals surface area contributed by atoms with Gasteiger partial charge in [0.25, 0.3) is 0 Å². The lowest BCUT2D eigenvalue weighted by Crippen LogP contribution is -2.09. The Morgan fingerprint density at radius 1 is 1.53 bits per heavy atom. The number of primary amides is 1. The summed E-state index contributed by atoms with van der Waals surface area (Å²) in [5.41, 5.74) is 6.46. The van der Waals surface area contributed by atoms with E-state index in [1.807, 2.05) is 0 Å². The van der Waals surface area contributed by atoms with E-state index < -0.39 is 5.91 Å². The van der Waals surface area contributed by atoms with Gasteiger partial charge < -0.3 is 5.73 Å². The van der Waals surface area contributed by atoms with Crippen LogP contribution in [-0.2, 0) is 0 Å². The Morgan fingerprint density at radius 3 is 3.00 bits per heavy atom. The molecular weight excluding hydrogens is 192 g/mol. The van der Waals surface area contributed by atoms with Crippen molar-refractivity contribution in [3.63, 3.8) is 0 Å². The Hall–Kier alpha value is -1.91. The molecule has 0 aromatic carbocycles. The Labute approximate surface area is 85.9 Å². The van der Waals surface area contributed by atoms with Crippen LogP contribution in [0.5, 0.6) is 0 Å². The van der Waals surface area contributed by atoms with Crippen molar-refractivity contribution in [1.29, 1.82) is 0 Å². The standard InChI is InChI=1S/C10H10N4O/c11-9(15)7-3-8-4-12-10(6-1-2-6)13-14(8)5-7/h3-6H,1-2H2,(H2,11,15). The third kappa shape index (κ3) is 1.36. The average molecular weight is 202 g/mol. The number of hydrogen-bond acceptors (Lipinski definition) is 3. The molecule has 0 radical (unpaired) electrons. The van der Waals surface area contributed by atoms with Gasteiger partial charge in [0.2, 0.25) is 5.91 Å². The quantitative estimate of drug-likeness (QED) is 0.779. The Kier molecular flexibility index (Phi) is 1.56. The van der Waals surface area contributed by atoms with E-state index in [-0.39, 0.29) is 0 Å². The Bertz CT molecular complexity index is 541. The van der Waals surface area contributed by atoms with Crippen molar-refractivity contribution in [2.45, 2.75) is 18.8 Å². The summed E-state index contributed by atoms with van der Waals surface area (Å²) in [6.45, 7) is 0. The fourth-order valence-corrected chi connectivity index (χ4v) is 1.58. The first-order chi connectivity index (χ1) is 7.24. The number of nitrogens with zero attached hydrogens (tertiary/aromatic N) is 3. The molecule has 3 rings (SSSR count). The predicted molar refractivity (Wildman–Crippen MR) is 53.5 cm³/mol. The molecule has 0 spiro atoms. The molecule has 0 saturated heterocycles. The van der Waals surface area contributed by atoms with E-state index in [4.69, 9.17) is 5.73 Å². The maximum atomic E-state index is 11.0. The topological polar surface area (TPSA) is 73.3 Å². The first kappa shape index (κ1) is 8.40. The fourth-order valence-electron chi connectivity index (χ4n) is 1.58. The lowest BCUT2D eigenvalue weighted by atomic mass is 10.3. The minimum absolute atomic E-state index is 0.437. The number of nitrogens with two attached hydrogens (primary N) is 1. The molecule has 1 aliphatic carbocycles. The number of hydrogen-bond donors (Lipinski definition) is 1. The first-order valence-corrected chi connectivity index (χ1v) is 4.89. The van der Waals surface area contributed by atoms with Crippen molar-refractivity contribution in [3.05, 3.63) is 29.8 Å². The lowest BCUT2D eigenvalue weighted by molar-refractivity contribution is 0.100. The number of aromatic nitrogens is 3. The highest BCUT2D eigenvalue weighted by Gasteiger charge is 2.26. The molecule has 5 nitrogen and oxygen atoms in total. The van der Waals surface area contributed by atoms with Crippen LogP contribution in [0.2, 0.25) is 0 Å². The second-order valence-corrected chi connectivity index (χ2v) is 3.85. The van der Waals surface area contributed by atoms with Crippen molar-refractivity contribution >= 4 is 11.4 Å². The molecule has 0 unspecified atom stereocenters. The van der Waals surface area contributed by atoms with E-state index in [9.17, 15) is 4.79 Å². The zero-order chi connectivity index (χ0) is 10.4. The van der Waals surface area contributed by atoms with Crippen LogP contribution in [-0.4, -0.2) is 20.5 Å². The maximum Gasteiger partial charge on any atom is 0.250 e. The van der Waals surface area contributed by atoms with Crippen molar-refractivity contribution < 1.29 is 4.79 Å². The van der Waals surface area contributed by atoms with Crippen molar-refractivity contribution in [2.75, 3.05) is 0 Å². The molecular formula is C10H10N4O. The molecule has 0 bridgehead atoms. The van der Waals surface area contributed by atoms with Crippen molar-refractivity contribution in [2.24, 2.45) is 5.73 Å². The average Bonchev–Trinajstić information content (AvgIpc) is 2.96. The molecule has 2 N–H and O–H groups in total. The molecule has 1 saturated carbocycles. The molecule has 0 atom stereocenters. The summed E-state index contributed by atoms with van der Waals surface area (Å²) in [7, 11) is 0. The van der Waals surface area contributed by atoms with Gasteiger partial charge in [-0.25, -0.2) is 9.50 Å². The highest BCUT2D eigenvalue weighted by molar-refractivity contribution is 5.94. The van der Waals surface area contributed by atoms with Crippen LogP contribution in [0.4, 0.5) is 0 Å². The number of carbonyl (C=O) groups excluding carboxylic acids is 1. The molecule has 76 valence electrons. The molecule has 2 aromatic heterocycles. The maximum absolute atomic E-state index is 11.0.